The number of hydrogen-bond donors (Lipinski definition) is 3. The SMILES string of the molecule is Cc1ccc2nc(-c3ccc(F)cc3)c(CNCc3n[nH]c(=O)[nH]3)cc2c1. The quantitative estimate of drug-likeness (QED) is 0.509. The molecule has 0 aliphatic heterocycles. The summed E-state index contributed by atoms with van der Waals surface area (Å²) in [5.74, 6) is 0.255. The largest absolute Gasteiger partial charge is 0.340 e. The molecule has 0 radical (unpaired) electrons. The number of benzene rings is 2. The molecule has 0 atom stereocenters. The highest BCUT2D eigenvalue weighted by atomic mass is 19.1. The number of fused-ring (bicyclic) bond motifs is 1. The Bertz CT molecular complexity index is 1150. The van der Waals surface area contributed by atoms with Crippen LogP contribution in [0.25, 0.3) is 22.2 Å². The van der Waals surface area contributed by atoms with Crippen LogP contribution >= 0.6 is 0 Å². The molecular formula is C20H18FN5O. The van der Waals surface area contributed by atoms with Gasteiger partial charge in [0.25, 0.3) is 0 Å². The Kier molecular flexibility index (Phi) is 4.52. The highest BCUT2D eigenvalue weighted by Crippen LogP contribution is 2.26. The Morgan fingerprint density at radius 2 is 1.89 bits per heavy atom. The van der Waals surface area contributed by atoms with E-state index in [2.05, 4.69) is 32.6 Å². The molecule has 6 nitrogen and oxygen atoms in total. The van der Waals surface area contributed by atoms with Gasteiger partial charge in [0.15, 0.2) is 0 Å². The van der Waals surface area contributed by atoms with Crippen molar-refractivity contribution in [2.45, 2.75) is 20.0 Å². The van der Waals surface area contributed by atoms with Gasteiger partial charge in [0.05, 0.1) is 17.8 Å². The maximum atomic E-state index is 13.3. The summed E-state index contributed by atoms with van der Waals surface area (Å²) in [5.41, 5.74) is 4.35. The van der Waals surface area contributed by atoms with Crippen LogP contribution in [0.2, 0.25) is 0 Å². The molecule has 2 aromatic heterocycles. The number of H-pyrrole nitrogens is 2. The fourth-order valence-corrected chi connectivity index (χ4v) is 3.04. The van der Waals surface area contributed by atoms with E-state index in [1.807, 2.05) is 19.1 Å². The number of halogens is 1. The van der Waals surface area contributed by atoms with Crippen molar-refractivity contribution in [1.82, 2.24) is 25.5 Å². The first-order valence-electron chi connectivity index (χ1n) is 8.59. The fraction of sp³-hybridized carbons (Fsp3) is 0.150. The third kappa shape index (κ3) is 3.78. The molecule has 0 spiro atoms. The lowest BCUT2D eigenvalue weighted by atomic mass is 10.0. The Labute approximate surface area is 154 Å². The first-order chi connectivity index (χ1) is 13.1. The average molecular weight is 363 g/mol. The van der Waals surface area contributed by atoms with Gasteiger partial charge in [-0.25, -0.2) is 19.3 Å². The summed E-state index contributed by atoms with van der Waals surface area (Å²) in [4.78, 5) is 18.5. The molecular weight excluding hydrogens is 345 g/mol. The van der Waals surface area contributed by atoms with Gasteiger partial charge in [-0.1, -0.05) is 11.6 Å². The number of aromatic amines is 2. The summed E-state index contributed by atoms with van der Waals surface area (Å²) in [6.07, 6.45) is 0. The van der Waals surface area contributed by atoms with Gasteiger partial charge in [-0.15, -0.1) is 0 Å². The third-order valence-electron chi connectivity index (χ3n) is 4.32. The molecule has 27 heavy (non-hydrogen) atoms. The summed E-state index contributed by atoms with van der Waals surface area (Å²) in [5, 5.41) is 10.5. The van der Waals surface area contributed by atoms with Gasteiger partial charge in [0, 0.05) is 17.5 Å². The van der Waals surface area contributed by atoms with Crippen molar-refractivity contribution in [3.05, 3.63) is 81.8 Å². The first-order valence-corrected chi connectivity index (χ1v) is 8.59. The molecule has 2 heterocycles. The zero-order valence-corrected chi connectivity index (χ0v) is 14.7. The predicted molar refractivity (Wildman–Crippen MR) is 102 cm³/mol. The second-order valence-corrected chi connectivity index (χ2v) is 6.43. The van der Waals surface area contributed by atoms with E-state index in [1.165, 1.54) is 12.1 Å². The minimum atomic E-state index is -0.332. The highest BCUT2D eigenvalue weighted by Gasteiger charge is 2.10. The molecule has 2 aromatic carbocycles. The number of nitrogens with one attached hydrogen (secondary N) is 3. The Hall–Kier alpha value is -3.32. The van der Waals surface area contributed by atoms with Crippen LogP contribution in [0.3, 0.4) is 0 Å². The van der Waals surface area contributed by atoms with Crippen LogP contribution in [0.1, 0.15) is 17.0 Å². The molecule has 0 unspecified atom stereocenters. The van der Waals surface area contributed by atoms with E-state index >= 15 is 0 Å². The van der Waals surface area contributed by atoms with Crippen LogP contribution in [0.5, 0.6) is 0 Å². The summed E-state index contributed by atoms with van der Waals surface area (Å²) in [6, 6.07) is 14.5. The second kappa shape index (κ2) is 7.13. The Morgan fingerprint density at radius 3 is 2.63 bits per heavy atom. The number of pyridine rings is 1. The van der Waals surface area contributed by atoms with E-state index in [0.29, 0.717) is 18.9 Å². The summed E-state index contributed by atoms with van der Waals surface area (Å²) >= 11 is 0. The van der Waals surface area contributed by atoms with Gasteiger partial charge in [0.1, 0.15) is 11.6 Å². The van der Waals surface area contributed by atoms with E-state index < -0.39 is 0 Å². The van der Waals surface area contributed by atoms with Crippen LogP contribution in [0, 0.1) is 12.7 Å². The van der Waals surface area contributed by atoms with E-state index in [0.717, 1.165) is 33.3 Å². The predicted octanol–water partition coefficient (Wildman–Crippen LogP) is 3.05. The van der Waals surface area contributed by atoms with Crippen LogP contribution < -0.4 is 11.0 Å². The number of aromatic nitrogens is 4. The summed E-state index contributed by atoms with van der Waals surface area (Å²) in [7, 11) is 0. The van der Waals surface area contributed by atoms with Crippen LogP contribution in [0.4, 0.5) is 4.39 Å². The fourth-order valence-electron chi connectivity index (χ4n) is 3.04. The lowest BCUT2D eigenvalue weighted by Gasteiger charge is -2.12. The van der Waals surface area contributed by atoms with Gasteiger partial charge < -0.3 is 5.32 Å². The van der Waals surface area contributed by atoms with Crippen molar-refractivity contribution in [2.24, 2.45) is 0 Å². The maximum absolute atomic E-state index is 13.3. The zero-order valence-electron chi connectivity index (χ0n) is 14.7. The van der Waals surface area contributed by atoms with Crippen molar-refractivity contribution in [3.63, 3.8) is 0 Å². The Balaban J connectivity index is 1.69. The van der Waals surface area contributed by atoms with Crippen LogP contribution in [-0.4, -0.2) is 20.2 Å². The molecule has 0 saturated carbocycles. The molecule has 0 aliphatic rings. The number of aryl methyl sites for hydroxylation is 1. The molecule has 0 aliphatic carbocycles. The van der Waals surface area contributed by atoms with Crippen LogP contribution in [0.15, 0.2) is 53.3 Å². The molecule has 7 heteroatoms. The molecule has 0 amide bonds. The van der Waals surface area contributed by atoms with Crippen molar-refractivity contribution < 1.29 is 4.39 Å². The molecule has 3 N–H and O–H groups in total. The summed E-state index contributed by atoms with van der Waals surface area (Å²) < 4.78 is 13.3. The molecule has 4 rings (SSSR count). The van der Waals surface area contributed by atoms with Gasteiger partial charge >= 0.3 is 5.69 Å². The van der Waals surface area contributed by atoms with Crippen molar-refractivity contribution in [3.8, 4) is 11.3 Å². The first kappa shape index (κ1) is 17.1. The minimum absolute atomic E-state index is 0.280. The van der Waals surface area contributed by atoms with E-state index in [4.69, 9.17) is 4.98 Å². The van der Waals surface area contributed by atoms with Crippen molar-refractivity contribution in [1.29, 1.82) is 0 Å². The third-order valence-corrected chi connectivity index (χ3v) is 4.32. The minimum Gasteiger partial charge on any atom is -0.306 e. The van der Waals surface area contributed by atoms with Crippen LogP contribution in [-0.2, 0) is 13.1 Å². The van der Waals surface area contributed by atoms with E-state index in [1.54, 1.807) is 12.1 Å². The topological polar surface area (TPSA) is 86.5 Å². The standard InChI is InChI=1S/C20H18FN5O/c1-12-2-7-17-14(8-12)9-15(10-22-11-18-24-20(27)26-25-18)19(23-17)13-3-5-16(21)6-4-13/h2-9,22H,10-11H2,1H3,(H2,24,25,26,27). The molecule has 0 fully saturated rings. The zero-order chi connectivity index (χ0) is 18.8. The Morgan fingerprint density at radius 1 is 1.07 bits per heavy atom. The van der Waals surface area contributed by atoms with Crippen molar-refractivity contribution in [2.75, 3.05) is 0 Å². The highest BCUT2D eigenvalue weighted by molar-refractivity contribution is 5.84. The van der Waals surface area contributed by atoms with Gasteiger partial charge in [-0.3, -0.25) is 4.98 Å². The van der Waals surface area contributed by atoms with E-state index in [-0.39, 0.29) is 11.5 Å². The average Bonchev–Trinajstić information content (AvgIpc) is 3.07. The number of rotatable bonds is 5. The van der Waals surface area contributed by atoms with Gasteiger partial charge in [0.2, 0.25) is 0 Å². The molecule has 4 aromatic rings. The number of hydrogen-bond acceptors (Lipinski definition) is 4. The van der Waals surface area contributed by atoms with E-state index in [9.17, 15) is 9.18 Å². The summed E-state index contributed by atoms with van der Waals surface area (Å²) in [6.45, 7) is 2.98. The van der Waals surface area contributed by atoms with Gasteiger partial charge in [-0.2, -0.15) is 5.10 Å². The lowest BCUT2D eigenvalue weighted by Crippen LogP contribution is -2.15. The van der Waals surface area contributed by atoms with Crippen molar-refractivity contribution >= 4 is 10.9 Å². The lowest BCUT2D eigenvalue weighted by molar-refractivity contribution is 0.628. The molecule has 136 valence electrons. The van der Waals surface area contributed by atoms with Gasteiger partial charge in [-0.05, 0) is 55.0 Å². The normalized spacial score (nSPS) is 11.2. The maximum Gasteiger partial charge on any atom is 0.340 e. The number of nitrogens with zero attached hydrogens (tertiary/aromatic N) is 2. The molecule has 0 bridgehead atoms. The smallest absolute Gasteiger partial charge is 0.306 e. The second-order valence-electron chi connectivity index (χ2n) is 6.43. The molecule has 0 saturated heterocycles. The monoisotopic (exact) mass is 363 g/mol.